The summed E-state index contributed by atoms with van der Waals surface area (Å²) in [6.07, 6.45) is 1.00. The van der Waals surface area contributed by atoms with Crippen LogP contribution in [0, 0.1) is 5.82 Å². The summed E-state index contributed by atoms with van der Waals surface area (Å²) in [5, 5.41) is 0.630. The third-order valence-electron chi connectivity index (χ3n) is 2.05. The van der Waals surface area contributed by atoms with Gasteiger partial charge in [-0.15, -0.1) is 0 Å². The summed E-state index contributed by atoms with van der Waals surface area (Å²) in [6.45, 7) is 0. The lowest BCUT2D eigenvalue weighted by Gasteiger charge is -2.05. The van der Waals surface area contributed by atoms with Crippen LogP contribution in [0.1, 0.15) is 0 Å². The van der Waals surface area contributed by atoms with Crippen LogP contribution in [0.25, 0.3) is 10.9 Å². The molecule has 3 nitrogen and oxygen atoms in total. The van der Waals surface area contributed by atoms with Crippen molar-refractivity contribution in [1.82, 2.24) is 9.55 Å². The maximum atomic E-state index is 13.3. The Morgan fingerprint density at radius 2 is 2.21 bits per heavy atom. The standard InChI is InChI=1S/C9H6ClFN2O/c1-13-7(14)3-2-5-8(13)6(11)4-12-9(5)10/h2-4H,1H3. The number of aromatic nitrogens is 2. The van der Waals surface area contributed by atoms with Crippen molar-refractivity contribution in [3.05, 3.63) is 39.7 Å². The molecule has 0 bridgehead atoms. The highest BCUT2D eigenvalue weighted by Gasteiger charge is 2.08. The molecule has 0 spiro atoms. The minimum atomic E-state index is -0.551. The second kappa shape index (κ2) is 3.06. The number of nitrogens with zero attached hydrogens (tertiary/aromatic N) is 2. The molecule has 0 fully saturated rings. The predicted molar refractivity (Wildman–Crippen MR) is 52.0 cm³/mol. The Hall–Kier alpha value is -1.42. The Morgan fingerprint density at radius 1 is 1.50 bits per heavy atom. The van der Waals surface area contributed by atoms with E-state index in [-0.39, 0.29) is 16.2 Å². The van der Waals surface area contributed by atoms with Gasteiger partial charge in [0.2, 0.25) is 0 Å². The van der Waals surface area contributed by atoms with Gasteiger partial charge in [0, 0.05) is 18.5 Å². The van der Waals surface area contributed by atoms with Gasteiger partial charge in [-0.3, -0.25) is 4.79 Å². The lowest BCUT2D eigenvalue weighted by Crippen LogP contribution is -2.16. The van der Waals surface area contributed by atoms with Crippen LogP contribution in [0.5, 0.6) is 0 Å². The lowest BCUT2D eigenvalue weighted by atomic mass is 10.2. The zero-order valence-electron chi connectivity index (χ0n) is 7.29. The van der Waals surface area contributed by atoms with E-state index in [0.717, 1.165) is 6.20 Å². The topological polar surface area (TPSA) is 34.9 Å². The smallest absolute Gasteiger partial charge is 0.250 e. The minimum absolute atomic E-state index is 0.178. The summed E-state index contributed by atoms with van der Waals surface area (Å²) in [4.78, 5) is 14.9. The van der Waals surface area contributed by atoms with Crippen molar-refractivity contribution in [2.45, 2.75) is 0 Å². The van der Waals surface area contributed by atoms with Gasteiger partial charge in [-0.1, -0.05) is 11.6 Å². The number of fused-ring (bicyclic) bond motifs is 1. The highest BCUT2D eigenvalue weighted by molar-refractivity contribution is 6.34. The van der Waals surface area contributed by atoms with Crippen LogP contribution in [0.2, 0.25) is 5.15 Å². The molecule has 0 unspecified atom stereocenters. The van der Waals surface area contributed by atoms with Gasteiger partial charge in [0.15, 0.2) is 5.82 Å². The van der Waals surface area contributed by atoms with E-state index in [1.54, 1.807) is 0 Å². The van der Waals surface area contributed by atoms with Gasteiger partial charge >= 0.3 is 0 Å². The maximum Gasteiger partial charge on any atom is 0.250 e. The van der Waals surface area contributed by atoms with Crippen LogP contribution in [0.15, 0.2) is 23.1 Å². The third-order valence-corrected chi connectivity index (χ3v) is 2.35. The van der Waals surface area contributed by atoms with E-state index in [9.17, 15) is 9.18 Å². The van der Waals surface area contributed by atoms with Crippen molar-refractivity contribution < 1.29 is 4.39 Å². The van der Waals surface area contributed by atoms with Crippen molar-refractivity contribution in [3.8, 4) is 0 Å². The van der Waals surface area contributed by atoms with E-state index >= 15 is 0 Å². The van der Waals surface area contributed by atoms with E-state index in [2.05, 4.69) is 4.98 Å². The molecule has 72 valence electrons. The van der Waals surface area contributed by atoms with E-state index < -0.39 is 5.82 Å². The van der Waals surface area contributed by atoms with Crippen LogP contribution < -0.4 is 5.56 Å². The third kappa shape index (κ3) is 1.19. The molecule has 0 aliphatic rings. The zero-order valence-corrected chi connectivity index (χ0v) is 8.05. The normalized spacial score (nSPS) is 10.8. The van der Waals surface area contributed by atoms with Crippen molar-refractivity contribution in [2.24, 2.45) is 7.05 Å². The SMILES string of the molecule is Cn1c(=O)ccc2c(Cl)ncc(F)c21. The Bertz CT molecular complexity index is 564. The zero-order chi connectivity index (χ0) is 10.3. The molecule has 2 aromatic rings. The van der Waals surface area contributed by atoms with E-state index in [4.69, 9.17) is 11.6 Å². The van der Waals surface area contributed by atoms with Crippen LogP contribution in [0.4, 0.5) is 4.39 Å². The first kappa shape index (κ1) is 9.15. The number of halogens is 2. The van der Waals surface area contributed by atoms with Crippen LogP contribution in [0.3, 0.4) is 0 Å². The summed E-state index contributed by atoms with van der Waals surface area (Å²) >= 11 is 5.76. The average molecular weight is 213 g/mol. The largest absolute Gasteiger partial charge is 0.309 e. The lowest BCUT2D eigenvalue weighted by molar-refractivity contribution is 0.623. The van der Waals surface area contributed by atoms with Gasteiger partial charge in [-0.2, -0.15) is 0 Å². The molecule has 14 heavy (non-hydrogen) atoms. The average Bonchev–Trinajstić information content (AvgIpc) is 2.16. The first-order valence-electron chi connectivity index (χ1n) is 3.91. The molecule has 0 aliphatic carbocycles. The number of hydrogen-bond donors (Lipinski definition) is 0. The molecule has 2 rings (SSSR count). The van der Waals surface area contributed by atoms with Crippen molar-refractivity contribution in [1.29, 1.82) is 0 Å². The van der Waals surface area contributed by atoms with E-state index in [1.165, 1.54) is 23.7 Å². The van der Waals surface area contributed by atoms with Gasteiger partial charge in [-0.05, 0) is 6.07 Å². The summed E-state index contributed by atoms with van der Waals surface area (Å²) in [7, 11) is 1.49. The highest BCUT2D eigenvalue weighted by atomic mass is 35.5. The van der Waals surface area contributed by atoms with Crippen molar-refractivity contribution in [3.63, 3.8) is 0 Å². The summed E-state index contributed by atoms with van der Waals surface area (Å²) in [5.41, 5.74) is -0.101. The molecular weight excluding hydrogens is 207 g/mol. The van der Waals surface area contributed by atoms with Gasteiger partial charge < -0.3 is 4.57 Å². The number of hydrogen-bond acceptors (Lipinski definition) is 2. The Labute approximate surface area is 83.8 Å². The van der Waals surface area contributed by atoms with E-state index in [0.29, 0.717) is 5.39 Å². The first-order valence-corrected chi connectivity index (χ1v) is 4.29. The Kier molecular flexibility index (Phi) is 2.00. The van der Waals surface area contributed by atoms with Crippen molar-refractivity contribution in [2.75, 3.05) is 0 Å². The second-order valence-electron chi connectivity index (χ2n) is 2.89. The summed E-state index contributed by atoms with van der Waals surface area (Å²) < 4.78 is 14.5. The molecule has 0 amide bonds. The van der Waals surface area contributed by atoms with Crippen LogP contribution in [-0.4, -0.2) is 9.55 Å². The molecule has 2 aromatic heterocycles. The molecule has 2 heterocycles. The van der Waals surface area contributed by atoms with Gasteiger partial charge in [-0.25, -0.2) is 9.37 Å². The molecule has 0 radical (unpaired) electrons. The highest BCUT2D eigenvalue weighted by Crippen LogP contribution is 2.21. The fourth-order valence-corrected chi connectivity index (χ4v) is 1.54. The fraction of sp³-hybridized carbons (Fsp3) is 0.111. The number of pyridine rings is 2. The Morgan fingerprint density at radius 3 is 2.93 bits per heavy atom. The molecular formula is C9H6ClFN2O. The molecule has 0 aliphatic heterocycles. The van der Waals surface area contributed by atoms with Gasteiger partial charge in [0.05, 0.1) is 11.7 Å². The van der Waals surface area contributed by atoms with Gasteiger partial charge in [0.1, 0.15) is 5.15 Å². The number of rotatable bonds is 0. The van der Waals surface area contributed by atoms with E-state index in [1.807, 2.05) is 0 Å². The van der Waals surface area contributed by atoms with Gasteiger partial charge in [0.25, 0.3) is 5.56 Å². The molecule has 5 heteroatoms. The molecule has 0 atom stereocenters. The second-order valence-corrected chi connectivity index (χ2v) is 3.25. The van der Waals surface area contributed by atoms with Crippen LogP contribution >= 0.6 is 11.6 Å². The Balaban J connectivity index is 3.08. The number of aryl methyl sites for hydroxylation is 1. The fourth-order valence-electron chi connectivity index (χ4n) is 1.34. The summed E-state index contributed by atoms with van der Waals surface area (Å²) in [5.74, 6) is -0.551. The maximum absolute atomic E-state index is 13.3. The predicted octanol–water partition coefficient (Wildman–Crippen LogP) is 1.73. The molecule has 0 saturated carbocycles. The first-order chi connectivity index (χ1) is 6.61. The quantitative estimate of drug-likeness (QED) is 0.624. The molecule has 0 N–H and O–H groups in total. The summed E-state index contributed by atoms with van der Waals surface area (Å²) in [6, 6.07) is 2.80. The minimum Gasteiger partial charge on any atom is -0.309 e. The molecule has 0 aromatic carbocycles. The van der Waals surface area contributed by atoms with Crippen LogP contribution in [-0.2, 0) is 7.05 Å². The monoisotopic (exact) mass is 212 g/mol. The molecule has 0 saturated heterocycles. The van der Waals surface area contributed by atoms with Crippen molar-refractivity contribution >= 4 is 22.5 Å².